The first-order valence-electron chi connectivity index (χ1n) is 9.13. The smallest absolute Gasteiger partial charge is 0.231 e. The first-order chi connectivity index (χ1) is 13.2. The van der Waals surface area contributed by atoms with Crippen molar-refractivity contribution in [3.63, 3.8) is 0 Å². The third-order valence-electron chi connectivity index (χ3n) is 4.73. The lowest BCUT2D eigenvalue weighted by Gasteiger charge is -2.31. The second kappa shape index (κ2) is 9.88. The number of carbonyl (C=O) groups excluding carboxylic acids is 1. The highest BCUT2D eigenvalue weighted by Gasteiger charge is 2.26. The minimum absolute atomic E-state index is 0.151. The zero-order valence-electron chi connectivity index (χ0n) is 15.5. The van der Waals surface area contributed by atoms with Crippen molar-refractivity contribution < 1.29 is 14.3 Å². The van der Waals surface area contributed by atoms with E-state index in [9.17, 15) is 4.79 Å². The monoisotopic (exact) mass is 432 g/mol. The Kier molecular flexibility index (Phi) is 7.26. The van der Waals surface area contributed by atoms with E-state index in [2.05, 4.69) is 21.2 Å². The number of methoxy groups -OCH3 is 1. The maximum absolute atomic E-state index is 13.1. The lowest BCUT2D eigenvalue weighted by molar-refractivity contribution is -0.136. The van der Waals surface area contributed by atoms with Gasteiger partial charge >= 0.3 is 0 Å². The number of benzene rings is 2. The van der Waals surface area contributed by atoms with Gasteiger partial charge in [-0.05, 0) is 23.8 Å². The van der Waals surface area contributed by atoms with Gasteiger partial charge in [-0.25, -0.2) is 0 Å². The highest BCUT2D eigenvalue weighted by molar-refractivity contribution is 9.10. The lowest BCUT2D eigenvalue weighted by Crippen LogP contribution is -2.45. The molecule has 0 aromatic heterocycles. The van der Waals surface area contributed by atoms with Crippen molar-refractivity contribution in [2.75, 3.05) is 40.0 Å². The highest BCUT2D eigenvalue weighted by atomic mass is 79.9. The molecule has 144 valence electrons. The summed E-state index contributed by atoms with van der Waals surface area (Å²) >= 11 is 3.50. The molecule has 1 aliphatic rings. The van der Waals surface area contributed by atoms with Gasteiger partial charge in [-0.3, -0.25) is 4.79 Å². The lowest BCUT2D eigenvalue weighted by atomic mass is 9.97. The molecule has 1 heterocycles. The molecule has 1 atom stereocenters. The van der Waals surface area contributed by atoms with Crippen molar-refractivity contribution in [1.82, 2.24) is 10.2 Å². The van der Waals surface area contributed by atoms with Crippen molar-refractivity contribution in [3.8, 4) is 5.75 Å². The molecule has 0 radical (unpaired) electrons. The Morgan fingerprint density at radius 2 is 1.96 bits per heavy atom. The van der Waals surface area contributed by atoms with E-state index in [1.165, 1.54) is 0 Å². The van der Waals surface area contributed by atoms with Crippen molar-refractivity contribution in [3.05, 3.63) is 64.1 Å². The Balaban J connectivity index is 1.70. The molecular weight excluding hydrogens is 408 g/mol. The number of nitrogens with zero attached hydrogens (tertiary/aromatic N) is 1. The van der Waals surface area contributed by atoms with Crippen LogP contribution >= 0.6 is 15.9 Å². The van der Waals surface area contributed by atoms with Crippen LogP contribution in [-0.2, 0) is 16.1 Å². The van der Waals surface area contributed by atoms with Crippen LogP contribution in [0.15, 0.2) is 53.0 Å². The number of carbonyl (C=O) groups is 1. The van der Waals surface area contributed by atoms with Crippen molar-refractivity contribution in [2.24, 2.45) is 0 Å². The Morgan fingerprint density at radius 3 is 2.67 bits per heavy atom. The molecule has 27 heavy (non-hydrogen) atoms. The molecule has 0 bridgehead atoms. The van der Waals surface area contributed by atoms with Gasteiger partial charge in [-0.2, -0.15) is 0 Å². The van der Waals surface area contributed by atoms with Crippen LogP contribution in [0.4, 0.5) is 0 Å². The predicted molar refractivity (Wildman–Crippen MR) is 109 cm³/mol. The minimum atomic E-state index is -0.220. The van der Waals surface area contributed by atoms with E-state index in [0.717, 1.165) is 21.3 Å². The van der Waals surface area contributed by atoms with Crippen LogP contribution in [-0.4, -0.2) is 50.8 Å². The first kappa shape index (κ1) is 19.9. The Labute approximate surface area is 168 Å². The van der Waals surface area contributed by atoms with Gasteiger partial charge < -0.3 is 19.7 Å². The fourth-order valence-corrected chi connectivity index (χ4v) is 3.68. The number of rotatable bonds is 7. The molecule has 5 nitrogen and oxygen atoms in total. The summed E-state index contributed by atoms with van der Waals surface area (Å²) in [6.45, 7) is 3.72. The average molecular weight is 433 g/mol. The van der Waals surface area contributed by atoms with Crippen molar-refractivity contribution in [1.29, 1.82) is 0 Å². The molecule has 1 unspecified atom stereocenters. The Bertz CT molecular complexity index is 748. The topological polar surface area (TPSA) is 50.8 Å². The van der Waals surface area contributed by atoms with Gasteiger partial charge in [-0.1, -0.05) is 46.3 Å². The summed E-state index contributed by atoms with van der Waals surface area (Å²) in [6.07, 6.45) is 0. The predicted octanol–water partition coefficient (Wildman–Crippen LogP) is 3.19. The molecule has 1 fully saturated rings. The number of hydrogen-bond donors (Lipinski definition) is 1. The Hall–Kier alpha value is -1.89. The normalized spacial score (nSPS) is 15.4. The number of nitrogens with one attached hydrogen (secondary N) is 1. The van der Waals surface area contributed by atoms with E-state index in [1.807, 2.05) is 53.4 Å². The average Bonchev–Trinajstić information content (AvgIpc) is 2.72. The molecule has 0 spiro atoms. The molecule has 1 saturated heterocycles. The molecular formula is C21H25BrN2O3. The summed E-state index contributed by atoms with van der Waals surface area (Å²) in [5.74, 6) is 0.766. The highest BCUT2D eigenvalue weighted by Crippen LogP contribution is 2.24. The summed E-state index contributed by atoms with van der Waals surface area (Å²) in [5, 5.41) is 3.44. The number of hydrogen-bond acceptors (Lipinski definition) is 4. The minimum Gasteiger partial charge on any atom is -0.496 e. The SMILES string of the molecule is COc1ccc(Br)cc1CNCC(C(=O)N1CCOCC1)c1ccccc1. The zero-order valence-corrected chi connectivity index (χ0v) is 17.1. The number of ether oxygens (including phenoxy) is 2. The molecule has 2 aromatic rings. The van der Waals surface area contributed by atoms with Gasteiger partial charge in [0.1, 0.15) is 5.75 Å². The van der Waals surface area contributed by atoms with Crippen molar-refractivity contribution in [2.45, 2.75) is 12.5 Å². The summed E-state index contributed by atoms with van der Waals surface area (Å²) < 4.78 is 11.8. The zero-order chi connectivity index (χ0) is 19.1. The van der Waals surface area contributed by atoms with Gasteiger partial charge in [0.15, 0.2) is 0 Å². The summed E-state index contributed by atoms with van der Waals surface area (Å²) in [6, 6.07) is 15.9. The number of halogens is 1. The fourth-order valence-electron chi connectivity index (χ4n) is 3.27. The van der Waals surface area contributed by atoms with Gasteiger partial charge in [-0.15, -0.1) is 0 Å². The number of amides is 1. The van der Waals surface area contributed by atoms with E-state index in [4.69, 9.17) is 9.47 Å². The standard InChI is InChI=1S/C21H25BrN2O3/c1-26-20-8-7-18(22)13-17(20)14-23-15-19(16-5-3-2-4-6-16)21(25)24-9-11-27-12-10-24/h2-8,13,19,23H,9-12,14-15H2,1H3. The third-order valence-corrected chi connectivity index (χ3v) is 5.22. The molecule has 2 aromatic carbocycles. The van der Waals surface area contributed by atoms with Gasteiger partial charge in [0.25, 0.3) is 0 Å². The maximum atomic E-state index is 13.1. The van der Waals surface area contributed by atoms with Crippen LogP contribution in [0.2, 0.25) is 0 Å². The molecule has 3 rings (SSSR count). The molecule has 0 aliphatic carbocycles. The van der Waals surface area contributed by atoms with E-state index in [0.29, 0.717) is 39.4 Å². The fraction of sp³-hybridized carbons (Fsp3) is 0.381. The second-order valence-corrected chi connectivity index (χ2v) is 7.40. The van der Waals surface area contributed by atoms with E-state index in [-0.39, 0.29) is 11.8 Å². The van der Waals surface area contributed by atoms with Crippen LogP contribution in [0.1, 0.15) is 17.0 Å². The molecule has 1 amide bonds. The molecule has 1 N–H and O–H groups in total. The van der Waals surface area contributed by atoms with Gasteiger partial charge in [0, 0.05) is 36.2 Å². The number of morpholine rings is 1. The van der Waals surface area contributed by atoms with Crippen LogP contribution in [0, 0.1) is 0 Å². The summed E-state index contributed by atoms with van der Waals surface area (Å²) in [7, 11) is 1.67. The quantitative estimate of drug-likeness (QED) is 0.729. The first-order valence-corrected chi connectivity index (χ1v) is 9.93. The summed E-state index contributed by atoms with van der Waals surface area (Å²) in [4.78, 5) is 15.0. The van der Waals surface area contributed by atoms with Gasteiger partial charge in [0.05, 0.1) is 26.2 Å². The van der Waals surface area contributed by atoms with Crippen LogP contribution in [0.3, 0.4) is 0 Å². The van der Waals surface area contributed by atoms with E-state index < -0.39 is 0 Å². The van der Waals surface area contributed by atoms with Crippen LogP contribution < -0.4 is 10.1 Å². The maximum Gasteiger partial charge on any atom is 0.231 e. The molecule has 1 aliphatic heterocycles. The van der Waals surface area contributed by atoms with Crippen LogP contribution in [0.5, 0.6) is 5.75 Å². The Morgan fingerprint density at radius 1 is 1.22 bits per heavy atom. The van der Waals surface area contributed by atoms with Gasteiger partial charge in [0.2, 0.25) is 5.91 Å². The largest absolute Gasteiger partial charge is 0.496 e. The molecule has 0 saturated carbocycles. The van der Waals surface area contributed by atoms with E-state index >= 15 is 0 Å². The van der Waals surface area contributed by atoms with Crippen molar-refractivity contribution >= 4 is 21.8 Å². The molecule has 6 heteroatoms. The third kappa shape index (κ3) is 5.31. The van der Waals surface area contributed by atoms with Crippen LogP contribution in [0.25, 0.3) is 0 Å². The van der Waals surface area contributed by atoms with E-state index in [1.54, 1.807) is 7.11 Å². The summed E-state index contributed by atoms with van der Waals surface area (Å²) in [5.41, 5.74) is 2.08. The second-order valence-electron chi connectivity index (χ2n) is 6.49.